The van der Waals surface area contributed by atoms with Crippen LogP contribution in [-0.2, 0) is 9.53 Å². The number of esters is 1. The molecule has 6 heteroatoms. The summed E-state index contributed by atoms with van der Waals surface area (Å²) in [7, 11) is 0. The fourth-order valence-corrected chi connectivity index (χ4v) is 2.98. The van der Waals surface area contributed by atoms with Gasteiger partial charge in [0.15, 0.2) is 0 Å². The molecule has 0 bridgehead atoms. The number of urea groups is 1. The average Bonchev–Trinajstić information content (AvgIpc) is 2.50. The van der Waals surface area contributed by atoms with Crippen molar-refractivity contribution in [3.05, 3.63) is 0 Å². The molecule has 0 radical (unpaired) electrons. The maximum atomic E-state index is 12.4. The Bertz CT molecular complexity index is 400. The number of rotatable bonds is 7. The third kappa shape index (κ3) is 7.99. The van der Waals surface area contributed by atoms with Gasteiger partial charge in [-0.3, -0.25) is 0 Å². The summed E-state index contributed by atoms with van der Waals surface area (Å²) in [6, 6.07) is -1.04. The number of amides is 2. The molecule has 1 fully saturated rings. The predicted molar refractivity (Wildman–Crippen MR) is 93.7 cm³/mol. The zero-order chi connectivity index (χ0) is 18.2. The van der Waals surface area contributed by atoms with Crippen LogP contribution < -0.4 is 5.32 Å². The molecule has 1 aliphatic carbocycles. The van der Waals surface area contributed by atoms with Crippen molar-refractivity contribution in [1.29, 1.82) is 0 Å². The number of nitrogens with one attached hydrogen (secondary N) is 1. The summed E-state index contributed by atoms with van der Waals surface area (Å²) in [5.41, 5.74) is -0.582. The summed E-state index contributed by atoms with van der Waals surface area (Å²) in [4.78, 5) is 25.9. The molecule has 0 spiro atoms. The number of aliphatic hydroxyl groups is 1. The van der Waals surface area contributed by atoms with E-state index >= 15 is 0 Å². The SMILES string of the molecule is C[C@@H](NC(=O)N(CCO)CCC1CCCCC1)C(=O)OC(C)(C)C. The molecule has 1 aliphatic rings. The second-order valence-electron chi connectivity index (χ2n) is 7.71. The first-order valence-corrected chi connectivity index (χ1v) is 9.12. The lowest BCUT2D eigenvalue weighted by Crippen LogP contribution is -2.49. The van der Waals surface area contributed by atoms with Gasteiger partial charge in [0.05, 0.1) is 6.61 Å². The van der Waals surface area contributed by atoms with Crippen molar-refractivity contribution in [2.24, 2.45) is 5.92 Å². The van der Waals surface area contributed by atoms with Crippen molar-refractivity contribution >= 4 is 12.0 Å². The molecular formula is C18H34N2O4. The van der Waals surface area contributed by atoms with E-state index in [0.29, 0.717) is 12.5 Å². The Kier molecular flexibility index (Phi) is 8.53. The van der Waals surface area contributed by atoms with Gasteiger partial charge < -0.3 is 20.1 Å². The Morgan fingerprint density at radius 2 is 1.83 bits per heavy atom. The number of hydrogen-bond acceptors (Lipinski definition) is 4. The van der Waals surface area contributed by atoms with E-state index in [1.165, 1.54) is 32.1 Å². The highest BCUT2D eigenvalue weighted by Gasteiger charge is 2.25. The molecule has 0 aliphatic heterocycles. The number of carbonyl (C=O) groups excluding carboxylic acids is 2. The number of hydrogen-bond donors (Lipinski definition) is 2. The first kappa shape index (κ1) is 20.7. The normalized spacial score (nSPS) is 17.2. The Balaban J connectivity index is 2.47. The zero-order valence-corrected chi connectivity index (χ0v) is 15.6. The van der Waals surface area contributed by atoms with E-state index in [0.717, 1.165) is 6.42 Å². The lowest BCUT2D eigenvalue weighted by atomic mass is 9.87. The van der Waals surface area contributed by atoms with Crippen molar-refractivity contribution in [3.63, 3.8) is 0 Å². The number of ether oxygens (including phenoxy) is 1. The second kappa shape index (κ2) is 9.87. The molecule has 1 saturated carbocycles. The van der Waals surface area contributed by atoms with Crippen LogP contribution in [0.3, 0.4) is 0 Å². The van der Waals surface area contributed by atoms with Gasteiger partial charge in [-0.05, 0) is 40.0 Å². The van der Waals surface area contributed by atoms with Gasteiger partial charge in [-0.2, -0.15) is 0 Å². The fourth-order valence-electron chi connectivity index (χ4n) is 2.98. The minimum atomic E-state index is -0.715. The van der Waals surface area contributed by atoms with Crippen LogP contribution >= 0.6 is 0 Å². The Morgan fingerprint density at radius 3 is 2.38 bits per heavy atom. The molecule has 0 heterocycles. The number of nitrogens with zero attached hydrogens (tertiary/aromatic N) is 1. The van der Waals surface area contributed by atoms with E-state index in [1.807, 2.05) is 0 Å². The van der Waals surface area contributed by atoms with Crippen molar-refractivity contribution in [1.82, 2.24) is 10.2 Å². The van der Waals surface area contributed by atoms with Gasteiger partial charge in [0.25, 0.3) is 0 Å². The first-order chi connectivity index (χ1) is 11.2. The summed E-state index contributed by atoms with van der Waals surface area (Å²) in [6.45, 7) is 7.80. The van der Waals surface area contributed by atoms with Gasteiger partial charge in [-0.25, -0.2) is 9.59 Å². The lowest BCUT2D eigenvalue weighted by molar-refractivity contribution is -0.156. The topological polar surface area (TPSA) is 78.9 Å². The van der Waals surface area contributed by atoms with Crippen LogP contribution in [0.1, 0.15) is 66.2 Å². The van der Waals surface area contributed by atoms with E-state index in [1.54, 1.807) is 32.6 Å². The first-order valence-electron chi connectivity index (χ1n) is 9.12. The summed E-state index contributed by atoms with van der Waals surface area (Å²) in [5, 5.41) is 11.9. The average molecular weight is 342 g/mol. The highest BCUT2D eigenvalue weighted by Crippen LogP contribution is 2.26. The summed E-state index contributed by atoms with van der Waals surface area (Å²) in [6.07, 6.45) is 7.25. The van der Waals surface area contributed by atoms with Crippen LogP contribution in [0, 0.1) is 5.92 Å². The molecule has 0 aromatic heterocycles. The molecule has 1 rings (SSSR count). The van der Waals surface area contributed by atoms with Crippen LogP contribution in [0.25, 0.3) is 0 Å². The summed E-state index contributed by atoms with van der Waals surface area (Å²) < 4.78 is 5.27. The van der Waals surface area contributed by atoms with Gasteiger partial charge in [-0.15, -0.1) is 0 Å². The van der Waals surface area contributed by atoms with Crippen LogP contribution in [0.2, 0.25) is 0 Å². The van der Waals surface area contributed by atoms with Gasteiger partial charge in [0, 0.05) is 13.1 Å². The van der Waals surface area contributed by atoms with Gasteiger partial charge in [0.2, 0.25) is 0 Å². The molecule has 2 N–H and O–H groups in total. The molecule has 24 heavy (non-hydrogen) atoms. The van der Waals surface area contributed by atoms with E-state index in [-0.39, 0.29) is 19.2 Å². The fraction of sp³-hybridized carbons (Fsp3) is 0.889. The van der Waals surface area contributed by atoms with Crippen molar-refractivity contribution in [2.45, 2.75) is 77.9 Å². The largest absolute Gasteiger partial charge is 0.458 e. The Hall–Kier alpha value is -1.30. The van der Waals surface area contributed by atoms with Crippen molar-refractivity contribution in [3.8, 4) is 0 Å². The lowest BCUT2D eigenvalue weighted by Gasteiger charge is -2.28. The van der Waals surface area contributed by atoms with Crippen molar-refractivity contribution < 1.29 is 19.4 Å². The molecule has 0 saturated heterocycles. The maximum absolute atomic E-state index is 12.4. The monoisotopic (exact) mass is 342 g/mol. The number of carbonyl (C=O) groups is 2. The van der Waals surface area contributed by atoms with Crippen LogP contribution in [0.5, 0.6) is 0 Å². The minimum Gasteiger partial charge on any atom is -0.458 e. The second-order valence-corrected chi connectivity index (χ2v) is 7.71. The molecule has 140 valence electrons. The highest BCUT2D eigenvalue weighted by atomic mass is 16.6. The summed E-state index contributed by atoms with van der Waals surface area (Å²) >= 11 is 0. The molecular weight excluding hydrogens is 308 g/mol. The van der Waals surface area contributed by atoms with Crippen molar-refractivity contribution in [2.75, 3.05) is 19.7 Å². The third-order valence-corrected chi connectivity index (χ3v) is 4.29. The van der Waals surface area contributed by atoms with E-state index in [4.69, 9.17) is 4.74 Å². The van der Waals surface area contributed by atoms with Crippen LogP contribution in [0.15, 0.2) is 0 Å². The number of aliphatic hydroxyl groups excluding tert-OH is 1. The van der Waals surface area contributed by atoms with Crippen LogP contribution in [-0.4, -0.2) is 53.3 Å². The van der Waals surface area contributed by atoms with E-state index < -0.39 is 17.6 Å². The quantitative estimate of drug-likeness (QED) is 0.697. The molecule has 0 unspecified atom stereocenters. The molecule has 2 amide bonds. The Morgan fingerprint density at radius 1 is 1.21 bits per heavy atom. The van der Waals surface area contributed by atoms with Gasteiger partial charge in [-0.1, -0.05) is 32.1 Å². The molecule has 1 atom stereocenters. The third-order valence-electron chi connectivity index (χ3n) is 4.29. The standard InChI is InChI=1S/C18H34N2O4/c1-14(16(22)24-18(2,3)4)19-17(23)20(12-13-21)11-10-15-8-6-5-7-9-15/h14-15,21H,5-13H2,1-4H3,(H,19,23)/t14-/m1/s1. The molecule has 0 aromatic rings. The van der Waals surface area contributed by atoms with Gasteiger partial charge >= 0.3 is 12.0 Å². The molecule has 6 nitrogen and oxygen atoms in total. The van der Waals surface area contributed by atoms with E-state index in [2.05, 4.69) is 5.32 Å². The highest BCUT2D eigenvalue weighted by molar-refractivity contribution is 5.83. The maximum Gasteiger partial charge on any atom is 0.328 e. The predicted octanol–water partition coefficient (Wildman–Crippen LogP) is 2.69. The van der Waals surface area contributed by atoms with E-state index in [9.17, 15) is 14.7 Å². The van der Waals surface area contributed by atoms with Gasteiger partial charge in [0.1, 0.15) is 11.6 Å². The minimum absolute atomic E-state index is 0.0844. The smallest absolute Gasteiger partial charge is 0.328 e. The molecule has 0 aromatic carbocycles. The van der Waals surface area contributed by atoms with Crippen LogP contribution in [0.4, 0.5) is 4.79 Å². The zero-order valence-electron chi connectivity index (χ0n) is 15.6. The summed E-state index contributed by atoms with van der Waals surface area (Å²) in [5.74, 6) is 0.211. The Labute approximate surface area is 145 Å².